The first-order valence-electron chi connectivity index (χ1n) is 7.34. The van der Waals surface area contributed by atoms with Crippen molar-refractivity contribution in [1.82, 2.24) is 15.5 Å². The fourth-order valence-corrected chi connectivity index (χ4v) is 3.04. The minimum atomic E-state index is -0.119. The minimum absolute atomic E-state index is 0.117. The van der Waals surface area contributed by atoms with Crippen LogP contribution in [0.5, 0.6) is 0 Å². The normalized spacial score (nSPS) is 10.2. The zero-order chi connectivity index (χ0) is 16.8. The van der Waals surface area contributed by atoms with Crippen molar-refractivity contribution < 1.29 is 9.59 Å². The average Bonchev–Trinajstić information content (AvgIpc) is 2.97. The van der Waals surface area contributed by atoms with Crippen LogP contribution >= 0.6 is 11.3 Å². The molecule has 23 heavy (non-hydrogen) atoms. The highest BCUT2D eigenvalue weighted by atomic mass is 32.1. The molecule has 0 atom stereocenters. The fourth-order valence-electron chi connectivity index (χ4n) is 2.08. The van der Waals surface area contributed by atoms with E-state index in [4.69, 9.17) is 0 Å². The molecule has 0 aliphatic rings. The van der Waals surface area contributed by atoms with Gasteiger partial charge in [-0.2, -0.15) is 0 Å². The molecule has 1 heterocycles. The number of urea groups is 1. The van der Waals surface area contributed by atoms with Gasteiger partial charge in [-0.05, 0) is 41.6 Å². The highest BCUT2D eigenvalue weighted by Crippen LogP contribution is 2.17. The number of nitrogens with one attached hydrogen (secondary N) is 2. The van der Waals surface area contributed by atoms with Gasteiger partial charge in [0.25, 0.3) is 5.91 Å². The number of aryl methyl sites for hydroxylation is 1. The monoisotopic (exact) mass is 331 g/mol. The molecule has 1 aromatic heterocycles. The number of hydrogen-bond donors (Lipinski definition) is 2. The van der Waals surface area contributed by atoms with Gasteiger partial charge in [-0.25, -0.2) is 4.79 Å². The van der Waals surface area contributed by atoms with Crippen molar-refractivity contribution in [1.29, 1.82) is 0 Å². The van der Waals surface area contributed by atoms with Crippen molar-refractivity contribution in [2.75, 3.05) is 14.1 Å². The molecule has 0 unspecified atom stereocenters. The molecule has 122 valence electrons. The second kappa shape index (κ2) is 7.78. The molecule has 2 N–H and O–H groups in total. The molecular formula is C17H21N3O2S. The van der Waals surface area contributed by atoms with Crippen molar-refractivity contribution in [3.63, 3.8) is 0 Å². The maximum absolute atomic E-state index is 12.1. The summed E-state index contributed by atoms with van der Waals surface area (Å²) in [6.45, 7) is 3.08. The number of carbonyl (C=O) groups is 2. The van der Waals surface area contributed by atoms with Crippen LogP contribution < -0.4 is 10.6 Å². The first-order chi connectivity index (χ1) is 11.0. The summed E-state index contributed by atoms with van der Waals surface area (Å²) in [7, 11) is 3.38. The van der Waals surface area contributed by atoms with Crippen LogP contribution in [0.2, 0.25) is 0 Å². The van der Waals surface area contributed by atoms with E-state index >= 15 is 0 Å². The topological polar surface area (TPSA) is 61.4 Å². The Balaban J connectivity index is 1.86. The standard InChI is InChI=1S/C17H21N3O2S/c1-12-8-9-23-15(12)11-20(3)17(22)19-10-13-4-6-14(7-5-13)16(21)18-2/h4-9H,10-11H2,1-3H3,(H,18,21)(H,19,22). The molecule has 1 aromatic carbocycles. The van der Waals surface area contributed by atoms with Gasteiger partial charge in [-0.15, -0.1) is 11.3 Å². The lowest BCUT2D eigenvalue weighted by Crippen LogP contribution is -2.36. The molecule has 0 fully saturated rings. The third kappa shape index (κ3) is 4.56. The molecule has 2 aromatic rings. The van der Waals surface area contributed by atoms with E-state index in [-0.39, 0.29) is 11.9 Å². The first kappa shape index (κ1) is 17.0. The SMILES string of the molecule is CNC(=O)c1ccc(CNC(=O)N(C)Cc2sccc2C)cc1. The predicted molar refractivity (Wildman–Crippen MR) is 92.6 cm³/mol. The van der Waals surface area contributed by atoms with Gasteiger partial charge in [-0.1, -0.05) is 12.1 Å². The molecular weight excluding hydrogens is 310 g/mol. The van der Waals surface area contributed by atoms with Crippen LogP contribution in [0.1, 0.15) is 26.4 Å². The zero-order valence-electron chi connectivity index (χ0n) is 13.6. The lowest BCUT2D eigenvalue weighted by Gasteiger charge is -2.17. The Morgan fingerprint density at radius 2 is 1.87 bits per heavy atom. The zero-order valence-corrected chi connectivity index (χ0v) is 14.4. The summed E-state index contributed by atoms with van der Waals surface area (Å²) in [6, 6.07) is 9.12. The summed E-state index contributed by atoms with van der Waals surface area (Å²) >= 11 is 1.66. The largest absolute Gasteiger partial charge is 0.355 e. The van der Waals surface area contributed by atoms with Gasteiger partial charge in [0.05, 0.1) is 6.54 Å². The van der Waals surface area contributed by atoms with E-state index in [1.165, 1.54) is 10.4 Å². The molecule has 6 heteroatoms. The number of carbonyl (C=O) groups excluding carboxylic acids is 2. The Bertz CT molecular complexity index is 679. The molecule has 5 nitrogen and oxygen atoms in total. The van der Waals surface area contributed by atoms with Crippen LogP contribution in [0.15, 0.2) is 35.7 Å². The molecule has 3 amide bonds. The summed E-state index contributed by atoms with van der Waals surface area (Å²) in [5.41, 5.74) is 2.76. The number of thiophene rings is 1. The summed E-state index contributed by atoms with van der Waals surface area (Å²) in [6.07, 6.45) is 0. The van der Waals surface area contributed by atoms with E-state index in [0.717, 1.165) is 5.56 Å². The lowest BCUT2D eigenvalue weighted by atomic mass is 10.1. The van der Waals surface area contributed by atoms with Crippen molar-refractivity contribution in [3.05, 3.63) is 57.3 Å². The molecule has 0 radical (unpaired) electrons. The quantitative estimate of drug-likeness (QED) is 0.885. The van der Waals surface area contributed by atoms with Gasteiger partial charge in [0.1, 0.15) is 0 Å². The van der Waals surface area contributed by atoms with Crippen molar-refractivity contribution in [2.45, 2.75) is 20.0 Å². The van der Waals surface area contributed by atoms with Crippen LogP contribution in [-0.2, 0) is 13.1 Å². The van der Waals surface area contributed by atoms with Gasteiger partial charge in [-0.3, -0.25) is 4.79 Å². The van der Waals surface area contributed by atoms with E-state index in [2.05, 4.69) is 16.7 Å². The van der Waals surface area contributed by atoms with E-state index in [1.54, 1.807) is 42.5 Å². The van der Waals surface area contributed by atoms with Gasteiger partial charge in [0.15, 0.2) is 0 Å². The Hall–Kier alpha value is -2.34. The van der Waals surface area contributed by atoms with Crippen LogP contribution in [0.25, 0.3) is 0 Å². The summed E-state index contributed by atoms with van der Waals surface area (Å²) in [4.78, 5) is 26.5. The highest BCUT2D eigenvalue weighted by Gasteiger charge is 2.11. The fraction of sp³-hybridized carbons (Fsp3) is 0.294. The van der Waals surface area contributed by atoms with Gasteiger partial charge < -0.3 is 15.5 Å². The third-order valence-corrected chi connectivity index (χ3v) is 4.59. The molecule has 2 rings (SSSR count). The number of nitrogens with zero attached hydrogens (tertiary/aromatic N) is 1. The van der Waals surface area contributed by atoms with Crippen LogP contribution in [-0.4, -0.2) is 30.9 Å². The Morgan fingerprint density at radius 1 is 1.17 bits per heavy atom. The Labute approximate surface area is 140 Å². The third-order valence-electron chi connectivity index (χ3n) is 3.58. The van der Waals surface area contributed by atoms with Gasteiger partial charge in [0.2, 0.25) is 0 Å². The summed E-state index contributed by atoms with van der Waals surface area (Å²) in [5.74, 6) is -0.119. The Morgan fingerprint density at radius 3 is 2.43 bits per heavy atom. The highest BCUT2D eigenvalue weighted by molar-refractivity contribution is 7.10. The summed E-state index contributed by atoms with van der Waals surface area (Å²) < 4.78 is 0. The van der Waals surface area contributed by atoms with Gasteiger partial charge in [0, 0.05) is 31.1 Å². The predicted octanol–water partition coefficient (Wildman–Crippen LogP) is 2.76. The Kier molecular flexibility index (Phi) is 5.76. The number of rotatable bonds is 5. The smallest absolute Gasteiger partial charge is 0.317 e. The van der Waals surface area contributed by atoms with Gasteiger partial charge >= 0.3 is 6.03 Å². The van der Waals surface area contributed by atoms with Crippen molar-refractivity contribution in [2.24, 2.45) is 0 Å². The first-order valence-corrected chi connectivity index (χ1v) is 8.22. The van der Waals surface area contributed by atoms with E-state index in [9.17, 15) is 9.59 Å². The molecule has 0 saturated carbocycles. The summed E-state index contributed by atoms with van der Waals surface area (Å²) in [5, 5.41) is 7.49. The van der Waals surface area contributed by atoms with Crippen LogP contribution in [0, 0.1) is 6.92 Å². The van der Waals surface area contributed by atoms with Crippen molar-refractivity contribution in [3.8, 4) is 0 Å². The molecule has 0 aliphatic heterocycles. The van der Waals surface area contributed by atoms with Crippen molar-refractivity contribution >= 4 is 23.3 Å². The molecule has 0 spiro atoms. The van der Waals surface area contributed by atoms with E-state index < -0.39 is 0 Å². The average molecular weight is 331 g/mol. The molecule has 0 bridgehead atoms. The maximum Gasteiger partial charge on any atom is 0.317 e. The lowest BCUT2D eigenvalue weighted by molar-refractivity contribution is 0.0963. The van der Waals surface area contributed by atoms with E-state index in [0.29, 0.717) is 18.7 Å². The second-order valence-corrected chi connectivity index (χ2v) is 6.32. The maximum atomic E-state index is 12.1. The number of benzene rings is 1. The molecule has 0 saturated heterocycles. The molecule has 0 aliphatic carbocycles. The minimum Gasteiger partial charge on any atom is -0.355 e. The van der Waals surface area contributed by atoms with Crippen LogP contribution in [0.3, 0.4) is 0 Å². The van der Waals surface area contributed by atoms with Crippen LogP contribution in [0.4, 0.5) is 4.79 Å². The number of amides is 3. The second-order valence-electron chi connectivity index (χ2n) is 5.32. The van der Waals surface area contributed by atoms with E-state index in [1.807, 2.05) is 24.4 Å². The number of hydrogen-bond acceptors (Lipinski definition) is 3.